The summed E-state index contributed by atoms with van der Waals surface area (Å²) in [6.45, 7) is 8.58. The smallest absolute Gasteiger partial charge is 0.260 e. The number of nitrogens with one attached hydrogen (secondary N) is 3. The first kappa shape index (κ1) is 27.1. The van der Waals surface area contributed by atoms with Gasteiger partial charge >= 0.3 is 0 Å². The van der Waals surface area contributed by atoms with Crippen molar-refractivity contribution in [2.24, 2.45) is 17.6 Å². The third-order valence-electron chi connectivity index (χ3n) is 7.57. The van der Waals surface area contributed by atoms with Gasteiger partial charge in [0.15, 0.2) is 0 Å². The van der Waals surface area contributed by atoms with Crippen LogP contribution in [0.4, 0.5) is 5.69 Å². The lowest BCUT2D eigenvalue weighted by Gasteiger charge is -2.17. The zero-order valence-corrected chi connectivity index (χ0v) is 23.4. The van der Waals surface area contributed by atoms with Gasteiger partial charge < -0.3 is 26.6 Å². The molecule has 1 aliphatic carbocycles. The van der Waals surface area contributed by atoms with E-state index in [9.17, 15) is 9.59 Å². The topological polar surface area (TPSA) is 125 Å². The predicted octanol–water partition coefficient (Wildman–Crippen LogP) is 3.53. The molecule has 2 saturated heterocycles. The number of likely N-dealkylation sites (tertiary alicyclic amines) is 1. The van der Waals surface area contributed by atoms with Crippen LogP contribution >= 0.6 is 11.3 Å². The molecule has 9 nitrogen and oxygen atoms in total. The molecular formula is C29H37N7O2S. The monoisotopic (exact) mass is 547 g/mol. The summed E-state index contributed by atoms with van der Waals surface area (Å²) in [6.07, 6.45) is 13.2. The van der Waals surface area contributed by atoms with Crippen molar-refractivity contribution in [1.82, 2.24) is 25.5 Å². The van der Waals surface area contributed by atoms with Crippen molar-refractivity contribution in [3.63, 3.8) is 0 Å². The number of nitrogens with two attached hydrogens (primary N) is 1. The Kier molecular flexibility index (Phi) is 8.42. The van der Waals surface area contributed by atoms with E-state index in [-0.39, 0.29) is 11.5 Å². The number of fused-ring (bicyclic) bond motifs is 1. The highest BCUT2D eigenvalue weighted by Crippen LogP contribution is 2.44. The quantitative estimate of drug-likeness (QED) is 0.335. The Morgan fingerprint density at radius 1 is 1.26 bits per heavy atom. The summed E-state index contributed by atoms with van der Waals surface area (Å²) < 4.78 is 0. The van der Waals surface area contributed by atoms with Gasteiger partial charge in [-0.15, -0.1) is 11.3 Å². The highest BCUT2D eigenvalue weighted by molar-refractivity contribution is 7.14. The number of rotatable bonds is 10. The van der Waals surface area contributed by atoms with E-state index in [2.05, 4.69) is 49.9 Å². The molecule has 2 aliphatic heterocycles. The van der Waals surface area contributed by atoms with Crippen molar-refractivity contribution in [3.05, 3.63) is 63.7 Å². The van der Waals surface area contributed by atoms with Gasteiger partial charge in [0.1, 0.15) is 5.01 Å². The van der Waals surface area contributed by atoms with E-state index < -0.39 is 5.91 Å². The van der Waals surface area contributed by atoms with E-state index in [4.69, 9.17) is 5.73 Å². The fraction of sp³-hybridized carbons (Fsp3) is 0.448. The van der Waals surface area contributed by atoms with Gasteiger partial charge in [-0.1, -0.05) is 19.1 Å². The van der Waals surface area contributed by atoms with Crippen molar-refractivity contribution in [2.75, 3.05) is 38.0 Å². The molecule has 0 aromatic carbocycles. The number of aryl methyl sites for hydroxylation is 1. The number of aromatic nitrogens is 2. The molecule has 5 N–H and O–H groups in total. The van der Waals surface area contributed by atoms with Gasteiger partial charge in [0.2, 0.25) is 0 Å². The van der Waals surface area contributed by atoms with Gasteiger partial charge in [-0.25, -0.2) is 4.98 Å². The summed E-state index contributed by atoms with van der Waals surface area (Å²) in [7, 11) is 0. The second kappa shape index (κ2) is 12.1. The van der Waals surface area contributed by atoms with Crippen LogP contribution in [-0.4, -0.2) is 59.4 Å². The van der Waals surface area contributed by atoms with E-state index in [0.29, 0.717) is 28.5 Å². The number of hydrogen-bond acceptors (Lipinski definition) is 8. The highest BCUT2D eigenvalue weighted by Gasteiger charge is 2.44. The summed E-state index contributed by atoms with van der Waals surface area (Å²) >= 11 is 1.43. The first-order valence-corrected chi connectivity index (χ1v) is 14.6. The average Bonchev–Trinajstić information content (AvgIpc) is 3.37. The van der Waals surface area contributed by atoms with E-state index in [1.807, 2.05) is 0 Å². The summed E-state index contributed by atoms with van der Waals surface area (Å²) in [4.78, 5) is 38.3. The summed E-state index contributed by atoms with van der Waals surface area (Å²) in [5.74, 6) is 1.14. The molecule has 5 rings (SSSR count). The normalized spacial score (nSPS) is 22.1. The summed E-state index contributed by atoms with van der Waals surface area (Å²) in [5.41, 5.74) is 9.95. The van der Waals surface area contributed by atoms with Crippen molar-refractivity contribution in [1.29, 1.82) is 0 Å². The number of nitrogens with zero attached hydrogens (tertiary/aromatic N) is 3. The molecule has 2 amide bonds. The minimum Gasteiger partial charge on any atom is -0.404 e. The van der Waals surface area contributed by atoms with Crippen LogP contribution in [0.15, 0.2) is 42.5 Å². The lowest BCUT2D eigenvalue weighted by Crippen LogP contribution is -2.34. The van der Waals surface area contributed by atoms with Crippen LogP contribution in [0.25, 0.3) is 11.1 Å². The van der Waals surface area contributed by atoms with E-state index >= 15 is 0 Å². The Morgan fingerprint density at radius 2 is 2.08 bits per heavy atom. The Bertz CT molecular complexity index is 1310. The van der Waals surface area contributed by atoms with Crippen molar-refractivity contribution < 1.29 is 9.59 Å². The van der Waals surface area contributed by atoms with E-state index in [1.54, 1.807) is 19.2 Å². The van der Waals surface area contributed by atoms with Crippen LogP contribution in [-0.2, 0) is 4.79 Å². The average molecular weight is 548 g/mol. The number of carbonyl (C=O) groups excluding carboxylic acids is 2. The molecule has 3 aliphatic rings. The fourth-order valence-corrected chi connectivity index (χ4v) is 6.23. The van der Waals surface area contributed by atoms with Gasteiger partial charge in [-0.2, -0.15) is 0 Å². The number of piperidine rings is 1. The van der Waals surface area contributed by atoms with Crippen LogP contribution in [0.1, 0.15) is 58.5 Å². The second-order valence-corrected chi connectivity index (χ2v) is 11.5. The molecule has 2 unspecified atom stereocenters. The first-order chi connectivity index (χ1) is 19.0. The molecule has 39 heavy (non-hydrogen) atoms. The van der Waals surface area contributed by atoms with Crippen molar-refractivity contribution >= 4 is 40.0 Å². The first-order valence-electron chi connectivity index (χ1n) is 13.8. The Hall–Kier alpha value is -3.50. The molecule has 3 fully saturated rings. The number of carbonyl (C=O) groups is 2. The molecule has 0 radical (unpaired) electrons. The zero-order valence-electron chi connectivity index (χ0n) is 22.6. The SMILES string of the molecule is CC/C=C/C(=C1/CCCN1)c1cnc(/C(=C\N)C(=O)Nc2cc(C(=O)NCCN3CC4CC4C3)cnc2C)s1. The van der Waals surface area contributed by atoms with Crippen LogP contribution in [0.3, 0.4) is 0 Å². The lowest BCUT2D eigenvalue weighted by molar-refractivity contribution is -0.111. The zero-order chi connectivity index (χ0) is 27.4. The van der Waals surface area contributed by atoms with Crippen LogP contribution in [0, 0.1) is 18.8 Å². The maximum absolute atomic E-state index is 13.3. The molecule has 206 valence electrons. The molecule has 2 aromatic heterocycles. The molecule has 0 bridgehead atoms. The van der Waals surface area contributed by atoms with Crippen LogP contribution < -0.4 is 21.7 Å². The van der Waals surface area contributed by atoms with Crippen LogP contribution in [0.2, 0.25) is 0 Å². The molecule has 0 spiro atoms. The lowest BCUT2D eigenvalue weighted by atomic mass is 10.1. The van der Waals surface area contributed by atoms with Crippen LogP contribution in [0.5, 0.6) is 0 Å². The minimum atomic E-state index is -0.397. The fourth-order valence-electron chi connectivity index (χ4n) is 5.24. The summed E-state index contributed by atoms with van der Waals surface area (Å²) in [6, 6.07) is 1.66. The Morgan fingerprint density at radius 3 is 2.79 bits per heavy atom. The maximum Gasteiger partial charge on any atom is 0.260 e. The molecule has 10 heteroatoms. The van der Waals surface area contributed by atoms with Gasteiger partial charge in [0.25, 0.3) is 11.8 Å². The van der Waals surface area contributed by atoms with Crippen molar-refractivity contribution in [3.8, 4) is 0 Å². The standard InChI is InChI=1S/C29H37N7O2S/c1-3-4-6-22(24-7-5-8-31-24)26-15-34-29(39-26)23(13-30)28(38)35-25-12-19(14-33-18(25)2)27(37)32-9-10-36-16-20-11-21(20)17-36/h4,6,12-15,20-21,31H,3,5,7-11,16-17,30H2,1-2H3,(H,32,37)(H,35,38)/b6-4+,23-13-,24-22+. The Labute approximate surface area is 233 Å². The number of anilines is 1. The molecule has 4 heterocycles. The highest BCUT2D eigenvalue weighted by atomic mass is 32.1. The number of pyridine rings is 1. The van der Waals surface area contributed by atoms with Gasteiger partial charge in [-0.05, 0) is 50.5 Å². The minimum absolute atomic E-state index is 0.206. The third-order valence-corrected chi connectivity index (χ3v) is 8.63. The third kappa shape index (κ3) is 6.39. The van der Waals surface area contributed by atoms with Crippen molar-refractivity contribution in [2.45, 2.75) is 39.5 Å². The molecule has 2 atom stereocenters. The van der Waals surface area contributed by atoms with E-state index in [0.717, 1.165) is 67.7 Å². The number of thiazole rings is 1. The van der Waals surface area contributed by atoms with E-state index in [1.165, 1.54) is 35.9 Å². The van der Waals surface area contributed by atoms with Gasteiger partial charge in [-0.3, -0.25) is 14.6 Å². The summed E-state index contributed by atoms with van der Waals surface area (Å²) in [5, 5.41) is 9.86. The molecule has 2 aromatic rings. The second-order valence-electron chi connectivity index (χ2n) is 10.4. The number of allylic oxidation sites excluding steroid dienone is 4. The maximum atomic E-state index is 13.3. The number of hydrogen-bond donors (Lipinski definition) is 4. The molecule has 1 saturated carbocycles. The molecular weight excluding hydrogens is 510 g/mol. The van der Waals surface area contributed by atoms with Gasteiger partial charge in [0, 0.05) is 62.6 Å². The Balaban J connectivity index is 1.24. The largest absolute Gasteiger partial charge is 0.404 e. The number of amides is 2. The van der Waals surface area contributed by atoms with Gasteiger partial charge in [0.05, 0.1) is 27.4 Å². The predicted molar refractivity (Wildman–Crippen MR) is 156 cm³/mol.